The van der Waals surface area contributed by atoms with Crippen LogP contribution in [0.25, 0.3) is 10.9 Å². The van der Waals surface area contributed by atoms with E-state index in [0.717, 1.165) is 22.5 Å². The summed E-state index contributed by atoms with van der Waals surface area (Å²) < 4.78 is 26.3. The van der Waals surface area contributed by atoms with Gasteiger partial charge in [0.05, 0.1) is 0 Å². The normalized spacial score (nSPS) is 11.1. The molecular weight excluding hydrogens is 258 g/mol. The largest absolute Gasteiger partial charge is 0.361 e. The van der Waals surface area contributed by atoms with E-state index in [1.54, 1.807) is 0 Å². The van der Waals surface area contributed by atoms with Gasteiger partial charge in [-0.05, 0) is 17.7 Å². The second kappa shape index (κ2) is 5.43. The Bertz CT molecular complexity index is 734. The highest BCUT2D eigenvalue weighted by Gasteiger charge is 2.05. The van der Waals surface area contributed by atoms with Gasteiger partial charge < -0.3 is 10.3 Å². The van der Waals surface area contributed by atoms with E-state index >= 15 is 0 Å². The van der Waals surface area contributed by atoms with Crippen molar-refractivity contribution in [3.05, 3.63) is 71.4 Å². The van der Waals surface area contributed by atoms with E-state index in [4.69, 9.17) is 0 Å². The van der Waals surface area contributed by atoms with Crippen LogP contribution in [-0.4, -0.2) is 4.98 Å². The van der Waals surface area contributed by atoms with Gasteiger partial charge in [0.15, 0.2) is 0 Å². The summed E-state index contributed by atoms with van der Waals surface area (Å²) in [6.07, 6.45) is 1.94. The van der Waals surface area contributed by atoms with Crippen LogP contribution in [-0.2, 0) is 13.1 Å². The third-order valence-electron chi connectivity index (χ3n) is 3.32. The Balaban J connectivity index is 1.68. The van der Waals surface area contributed by atoms with E-state index in [2.05, 4.69) is 10.3 Å². The zero-order chi connectivity index (χ0) is 13.9. The van der Waals surface area contributed by atoms with E-state index in [1.165, 1.54) is 12.1 Å². The van der Waals surface area contributed by atoms with Crippen molar-refractivity contribution in [1.29, 1.82) is 0 Å². The van der Waals surface area contributed by atoms with Gasteiger partial charge in [0.1, 0.15) is 11.6 Å². The SMILES string of the molecule is Fc1ccc(CNCc2c[nH]c3ccccc23)c(F)c1. The molecule has 1 aromatic heterocycles. The number of aromatic nitrogens is 1. The van der Waals surface area contributed by atoms with E-state index in [-0.39, 0.29) is 0 Å². The number of hydrogen-bond acceptors (Lipinski definition) is 1. The summed E-state index contributed by atoms with van der Waals surface area (Å²) in [4.78, 5) is 3.19. The van der Waals surface area contributed by atoms with Crippen LogP contribution >= 0.6 is 0 Å². The van der Waals surface area contributed by atoms with Crippen LogP contribution in [0.1, 0.15) is 11.1 Å². The van der Waals surface area contributed by atoms with Crippen LogP contribution in [0.15, 0.2) is 48.7 Å². The number of benzene rings is 2. The lowest BCUT2D eigenvalue weighted by Gasteiger charge is -2.05. The Morgan fingerprint density at radius 1 is 0.950 bits per heavy atom. The molecule has 0 atom stereocenters. The minimum atomic E-state index is -0.553. The molecule has 0 amide bonds. The van der Waals surface area contributed by atoms with Crippen molar-refractivity contribution in [1.82, 2.24) is 10.3 Å². The number of hydrogen-bond donors (Lipinski definition) is 2. The molecule has 0 aliphatic carbocycles. The molecule has 20 heavy (non-hydrogen) atoms. The maximum atomic E-state index is 13.5. The quantitative estimate of drug-likeness (QED) is 0.744. The van der Waals surface area contributed by atoms with Crippen LogP contribution in [0.5, 0.6) is 0 Å². The minimum absolute atomic E-state index is 0.367. The maximum absolute atomic E-state index is 13.5. The highest BCUT2D eigenvalue weighted by molar-refractivity contribution is 5.82. The monoisotopic (exact) mass is 272 g/mol. The summed E-state index contributed by atoms with van der Waals surface area (Å²) in [6, 6.07) is 11.7. The standard InChI is InChI=1S/C16H14F2N2/c17-13-6-5-11(15(18)7-13)8-19-9-12-10-20-16-4-2-1-3-14(12)16/h1-7,10,19-20H,8-9H2. The molecule has 0 fully saturated rings. The molecular formula is C16H14F2N2. The average Bonchev–Trinajstić information content (AvgIpc) is 2.85. The first-order chi connectivity index (χ1) is 9.74. The van der Waals surface area contributed by atoms with Gasteiger partial charge in [-0.2, -0.15) is 0 Å². The molecule has 0 saturated carbocycles. The molecule has 0 saturated heterocycles. The summed E-state index contributed by atoms with van der Waals surface area (Å²) in [5.41, 5.74) is 2.67. The Morgan fingerprint density at radius 3 is 2.60 bits per heavy atom. The van der Waals surface area contributed by atoms with E-state index < -0.39 is 11.6 Å². The van der Waals surface area contributed by atoms with Crippen LogP contribution < -0.4 is 5.32 Å². The Hall–Kier alpha value is -2.20. The lowest BCUT2D eigenvalue weighted by molar-refractivity contribution is 0.560. The molecule has 3 aromatic rings. The Labute approximate surface area is 115 Å². The zero-order valence-corrected chi connectivity index (χ0v) is 10.8. The van der Waals surface area contributed by atoms with Gasteiger partial charge in [0.2, 0.25) is 0 Å². The lowest BCUT2D eigenvalue weighted by atomic mass is 10.1. The number of H-pyrrole nitrogens is 1. The van der Waals surface area contributed by atoms with Crippen molar-refractivity contribution < 1.29 is 8.78 Å². The van der Waals surface area contributed by atoms with Gasteiger partial charge in [0.25, 0.3) is 0 Å². The van der Waals surface area contributed by atoms with Crippen LogP contribution in [0.2, 0.25) is 0 Å². The van der Waals surface area contributed by atoms with Crippen molar-refractivity contribution in [2.24, 2.45) is 0 Å². The van der Waals surface area contributed by atoms with Gasteiger partial charge in [-0.1, -0.05) is 24.3 Å². The molecule has 2 N–H and O–H groups in total. The third-order valence-corrected chi connectivity index (χ3v) is 3.32. The van der Waals surface area contributed by atoms with Crippen molar-refractivity contribution in [2.45, 2.75) is 13.1 Å². The number of para-hydroxylation sites is 1. The minimum Gasteiger partial charge on any atom is -0.361 e. The summed E-state index contributed by atoms with van der Waals surface area (Å²) in [5, 5.41) is 4.33. The zero-order valence-electron chi connectivity index (χ0n) is 10.8. The van der Waals surface area contributed by atoms with E-state index in [1.807, 2.05) is 30.5 Å². The maximum Gasteiger partial charge on any atom is 0.130 e. The Kier molecular flexibility index (Phi) is 3.48. The van der Waals surface area contributed by atoms with Crippen LogP contribution in [0.4, 0.5) is 8.78 Å². The number of aromatic amines is 1. The molecule has 0 unspecified atom stereocenters. The van der Waals surface area contributed by atoms with Gasteiger partial charge in [-0.15, -0.1) is 0 Å². The molecule has 2 aromatic carbocycles. The van der Waals surface area contributed by atoms with Gasteiger partial charge in [-0.25, -0.2) is 8.78 Å². The molecule has 1 heterocycles. The van der Waals surface area contributed by atoms with Gasteiger partial charge in [-0.3, -0.25) is 0 Å². The molecule has 102 valence electrons. The number of fused-ring (bicyclic) bond motifs is 1. The fraction of sp³-hybridized carbons (Fsp3) is 0.125. The Morgan fingerprint density at radius 2 is 1.75 bits per heavy atom. The van der Waals surface area contributed by atoms with Crippen LogP contribution in [0.3, 0.4) is 0 Å². The highest BCUT2D eigenvalue weighted by Crippen LogP contribution is 2.17. The number of rotatable bonds is 4. The summed E-state index contributed by atoms with van der Waals surface area (Å²) in [7, 11) is 0. The van der Waals surface area contributed by atoms with Crippen LogP contribution in [0, 0.1) is 11.6 Å². The summed E-state index contributed by atoms with van der Waals surface area (Å²) in [6.45, 7) is 0.993. The topological polar surface area (TPSA) is 27.8 Å². The lowest BCUT2D eigenvalue weighted by Crippen LogP contribution is -2.13. The van der Waals surface area contributed by atoms with Crippen molar-refractivity contribution >= 4 is 10.9 Å². The first-order valence-electron chi connectivity index (χ1n) is 6.43. The van der Waals surface area contributed by atoms with E-state index in [9.17, 15) is 8.78 Å². The summed E-state index contributed by atoms with van der Waals surface area (Å²) in [5.74, 6) is -1.07. The molecule has 4 heteroatoms. The molecule has 0 spiro atoms. The predicted molar refractivity (Wildman–Crippen MR) is 75.2 cm³/mol. The fourth-order valence-electron chi connectivity index (χ4n) is 2.27. The molecule has 0 aliphatic rings. The first-order valence-corrected chi connectivity index (χ1v) is 6.43. The van der Waals surface area contributed by atoms with Gasteiger partial charge in [0, 0.05) is 41.8 Å². The molecule has 0 radical (unpaired) electrons. The average molecular weight is 272 g/mol. The molecule has 2 nitrogen and oxygen atoms in total. The second-order valence-corrected chi connectivity index (χ2v) is 4.70. The van der Waals surface area contributed by atoms with Crippen molar-refractivity contribution in [3.8, 4) is 0 Å². The molecule has 0 bridgehead atoms. The van der Waals surface area contributed by atoms with Crippen molar-refractivity contribution in [3.63, 3.8) is 0 Å². The molecule has 3 rings (SSSR count). The highest BCUT2D eigenvalue weighted by atomic mass is 19.1. The third kappa shape index (κ3) is 2.56. The number of nitrogens with one attached hydrogen (secondary N) is 2. The van der Waals surface area contributed by atoms with Crippen molar-refractivity contribution in [2.75, 3.05) is 0 Å². The second-order valence-electron chi connectivity index (χ2n) is 4.70. The molecule has 0 aliphatic heterocycles. The fourth-order valence-corrected chi connectivity index (χ4v) is 2.27. The first kappa shape index (κ1) is 12.8. The smallest absolute Gasteiger partial charge is 0.130 e. The van der Waals surface area contributed by atoms with Gasteiger partial charge >= 0.3 is 0 Å². The summed E-state index contributed by atoms with van der Waals surface area (Å²) >= 11 is 0. The number of halogens is 2. The predicted octanol–water partition coefficient (Wildman–Crippen LogP) is 3.74. The van der Waals surface area contributed by atoms with E-state index in [0.29, 0.717) is 18.7 Å².